The van der Waals surface area contributed by atoms with Crippen molar-refractivity contribution in [3.63, 3.8) is 0 Å². The van der Waals surface area contributed by atoms with Crippen LogP contribution in [-0.4, -0.2) is 28.9 Å². The van der Waals surface area contributed by atoms with Crippen LogP contribution in [-0.2, 0) is 7.05 Å². The van der Waals surface area contributed by atoms with E-state index in [0.717, 1.165) is 30.0 Å². The van der Waals surface area contributed by atoms with Crippen LogP contribution in [0.4, 0.5) is 22.0 Å². The predicted molar refractivity (Wildman–Crippen MR) is 114 cm³/mol. The molecule has 28 heavy (non-hydrogen) atoms. The zero-order valence-electron chi connectivity index (χ0n) is 16.1. The van der Waals surface area contributed by atoms with Crippen LogP contribution in [0.2, 0.25) is 0 Å². The number of carbonyl (C=O) groups excluding carboxylic acids is 1. The Kier molecular flexibility index (Phi) is 5.28. The number of rotatable bonds is 4. The Morgan fingerprint density at radius 2 is 1.64 bits per heavy atom. The highest BCUT2D eigenvalue weighted by atomic mass is 16.2. The Labute approximate surface area is 165 Å². The molecular weight excluding hydrogens is 350 g/mol. The summed E-state index contributed by atoms with van der Waals surface area (Å²) in [5.41, 5.74) is 3.97. The summed E-state index contributed by atoms with van der Waals surface area (Å²) in [6.07, 6.45) is 3.81. The van der Waals surface area contributed by atoms with Gasteiger partial charge in [0.25, 0.3) is 0 Å². The number of hydrogen-bond acceptors (Lipinski definition) is 3. The van der Waals surface area contributed by atoms with Crippen LogP contribution >= 0.6 is 0 Å². The number of aromatic nitrogens is 2. The lowest BCUT2D eigenvalue weighted by Gasteiger charge is -2.28. The van der Waals surface area contributed by atoms with Gasteiger partial charge in [-0.25, -0.2) is 4.79 Å². The fourth-order valence-corrected chi connectivity index (χ4v) is 3.59. The van der Waals surface area contributed by atoms with E-state index in [1.165, 1.54) is 24.9 Å². The van der Waals surface area contributed by atoms with Crippen LogP contribution in [0.25, 0.3) is 11.3 Å². The molecule has 1 fully saturated rings. The standard InChI is InChI=1S/C22H25N5O/c1-26-20(17-8-4-2-5-9-17)16-21(25-26)24-22(28)23-18-10-12-19(13-11-18)27-14-6-3-7-15-27/h2,4-5,8-13,16H,3,6-7,14-15H2,1H3,(H2,23,24,25,28). The predicted octanol–water partition coefficient (Wildman–Crippen LogP) is 4.72. The number of piperidine rings is 1. The van der Waals surface area contributed by atoms with Gasteiger partial charge < -0.3 is 10.2 Å². The fraction of sp³-hybridized carbons (Fsp3) is 0.273. The maximum Gasteiger partial charge on any atom is 0.324 e. The van der Waals surface area contributed by atoms with Crippen molar-refractivity contribution in [2.45, 2.75) is 19.3 Å². The van der Waals surface area contributed by atoms with E-state index < -0.39 is 0 Å². The van der Waals surface area contributed by atoms with E-state index in [1.54, 1.807) is 4.68 Å². The summed E-state index contributed by atoms with van der Waals surface area (Å²) in [5.74, 6) is 0.517. The zero-order chi connectivity index (χ0) is 19.3. The zero-order valence-corrected chi connectivity index (χ0v) is 16.1. The van der Waals surface area contributed by atoms with Crippen LogP contribution < -0.4 is 15.5 Å². The largest absolute Gasteiger partial charge is 0.372 e. The summed E-state index contributed by atoms with van der Waals surface area (Å²) < 4.78 is 1.76. The number of anilines is 3. The van der Waals surface area contributed by atoms with Crippen molar-refractivity contribution < 1.29 is 4.79 Å². The van der Waals surface area contributed by atoms with E-state index in [1.807, 2.05) is 55.6 Å². The van der Waals surface area contributed by atoms with E-state index in [9.17, 15) is 4.79 Å². The molecule has 1 aliphatic rings. The molecule has 4 rings (SSSR count). The highest BCUT2D eigenvalue weighted by Gasteiger charge is 2.12. The van der Waals surface area contributed by atoms with Gasteiger partial charge in [0.2, 0.25) is 0 Å². The van der Waals surface area contributed by atoms with Crippen molar-refractivity contribution in [3.05, 3.63) is 60.7 Å². The van der Waals surface area contributed by atoms with Crippen molar-refractivity contribution >= 4 is 23.2 Å². The molecule has 0 radical (unpaired) electrons. The summed E-state index contributed by atoms with van der Waals surface area (Å²) in [4.78, 5) is 14.7. The van der Waals surface area contributed by atoms with Crippen LogP contribution in [0.1, 0.15) is 19.3 Å². The van der Waals surface area contributed by atoms with Gasteiger partial charge in [-0.1, -0.05) is 30.3 Å². The minimum atomic E-state index is -0.302. The number of carbonyl (C=O) groups is 1. The first kappa shape index (κ1) is 18.1. The van der Waals surface area contributed by atoms with Gasteiger partial charge in [-0.2, -0.15) is 5.10 Å². The molecule has 144 valence electrons. The Hall–Kier alpha value is -3.28. The fourth-order valence-electron chi connectivity index (χ4n) is 3.59. The Bertz CT molecular complexity index is 927. The monoisotopic (exact) mass is 375 g/mol. The number of amides is 2. The molecule has 1 aliphatic heterocycles. The van der Waals surface area contributed by atoms with E-state index in [0.29, 0.717) is 5.82 Å². The van der Waals surface area contributed by atoms with Gasteiger partial charge in [0.1, 0.15) is 0 Å². The minimum absolute atomic E-state index is 0.302. The Balaban J connectivity index is 1.38. The first-order valence-electron chi connectivity index (χ1n) is 9.71. The molecule has 0 bridgehead atoms. The second-order valence-corrected chi connectivity index (χ2v) is 7.08. The Morgan fingerprint density at radius 3 is 2.36 bits per heavy atom. The number of urea groups is 1. The molecule has 3 aromatic rings. The molecular formula is C22H25N5O. The maximum absolute atomic E-state index is 12.3. The third-order valence-corrected chi connectivity index (χ3v) is 5.04. The molecule has 2 heterocycles. The van der Waals surface area contributed by atoms with E-state index >= 15 is 0 Å². The summed E-state index contributed by atoms with van der Waals surface area (Å²) >= 11 is 0. The average Bonchev–Trinajstić information content (AvgIpc) is 3.09. The second kappa shape index (κ2) is 8.17. The number of nitrogens with one attached hydrogen (secondary N) is 2. The molecule has 0 spiro atoms. The molecule has 2 aromatic carbocycles. The van der Waals surface area contributed by atoms with E-state index in [-0.39, 0.29) is 6.03 Å². The molecule has 1 aromatic heterocycles. The molecule has 2 amide bonds. The molecule has 0 atom stereocenters. The first-order chi connectivity index (χ1) is 13.7. The van der Waals surface area contributed by atoms with Crippen LogP contribution in [0.15, 0.2) is 60.7 Å². The summed E-state index contributed by atoms with van der Waals surface area (Å²) in [6.45, 7) is 2.22. The molecule has 6 heteroatoms. The molecule has 0 saturated carbocycles. The summed E-state index contributed by atoms with van der Waals surface area (Å²) in [6, 6.07) is 19.6. The normalized spacial score (nSPS) is 14.0. The maximum atomic E-state index is 12.3. The average molecular weight is 375 g/mol. The van der Waals surface area contributed by atoms with Crippen molar-refractivity contribution in [1.82, 2.24) is 9.78 Å². The van der Waals surface area contributed by atoms with Crippen LogP contribution in [0.3, 0.4) is 0 Å². The number of aryl methyl sites for hydroxylation is 1. The van der Waals surface area contributed by atoms with Gasteiger partial charge in [-0.05, 0) is 49.1 Å². The third-order valence-electron chi connectivity index (χ3n) is 5.04. The van der Waals surface area contributed by atoms with Crippen molar-refractivity contribution in [2.75, 3.05) is 28.6 Å². The van der Waals surface area contributed by atoms with Gasteiger partial charge in [-0.3, -0.25) is 10.00 Å². The van der Waals surface area contributed by atoms with Gasteiger partial charge in [0.05, 0.1) is 5.69 Å². The van der Waals surface area contributed by atoms with Gasteiger partial charge in [0.15, 0.2) is 5.82 Å². The van der Waals surface area contributed by atoms with Crippen LogP contribution in [0, 0.1) is 0 Å². The summed E-state index contributed by atoms with van der Waals surface area (Å²) in [7, 11) is 1.87. The first-order valence-corrected chi connectivity index (χ1v) is 9.71. The summed E-state index contributed by atoms with van der Waals surface area (Å²) in [5, 5.41) is 10.1. The number of hydrogen-bond donors (Lipinski definition) is 2. The lowest BCUT2D eigenvalue weighted by Crippen LogP contribution is -2.29. The van der Waals surface area contributed by atoms with E-state index in [2.05, 4.69) is 32.8 Å². The van der Waals surface area contributed by atoms with Crippen molar-refractivity contribution in [3.8, 4) is 11.3 Å². The molecule has 0 unspecified atom stereocenters. The SMILES string of the molecule is Cn1nc(NC(=O)Nc2ccc(N3CCCCC3)cc2)cc1-c1ccccc1. The lowest BCUT2D eigenvalue weighted by atomic mass is 10.1. The molecule has 2 N–H and O–H groups in total. The number of benzene rings is 2. The van der Waals surface area contributed by atoms with E-state index in [4.69, 9.17) is 0 Å². The third kappa shape index (κ3) is 4.17. The second-order valence-electron chi connectivity index (χ2n) is 7.08. The molecule has 1 saturated heterocycles. The smallest absolute Gasteiger partial charge is 0.324 e. The quantitative estimate of drug-likeness (QED) is 0.693. The minimum Gasteiger partial charge on any atom is -0.372 e. The molecule has 0 aliphatic carbocycles. The number of nitrogens with zero attached hydrogens (tertiary/aromatic N) is 3. The highest BCUT2D eigenvalue weighted by molar-refractivity contribution is 5.99. The van der Waals surface area contributed by atoms with Crippen molar-refractivity contribution in [1.29, 1.82) is 0 Å². The van der Waals surface area contributed by atoms with Gasteiger partial charge in [-0.15, -0.1) is 0 Å². The Morgan fingerprint density at radius 1 is 0.929 bits per heavy atom. The lowest BCUT2D eigenvalue weighted by molar-refractivity contribution is 0.262. The molecule has 6 nitrogen and oxygen atoms in total. The topological polar surface area (TPSA) is 62.2 Å². The highest BCUT2D eigenvalue weighted by Crippen LogP contribution is 2.23. The van der Waals surface area contributed by atoms with Crippen molar-refractivity contribution in [2.24, 2.45) is 7.05 Å². The van der Waals surface area contributed by atoms with Gasteiger partial charge in [0, 0.05) is 37.6 Å². The van der Waals surface area contributed by atoms with Gasteiger partial charge >= 0.3 is 6.03 Å². The van der Waals surface area contributed by atoms with Crippen LogP contribution in [0.5, 0.6) is 0 Å².